The zero-order valence-corrected chi connectivity index (χ0v) is 11.4. The summed E-state index contributed by atoms with van der Waals surface area (Å²) in [4.78, 5) is 4.10. The lowest BCUT2D eigenvalue weighted by Crippen LogP contribution is -1.96. The standard InChI is InChI=1S/C10H9N3.2C2H6/c1-8(2-4-11)10-6-9(7-12)3-5-13-10;2*1-2/h3,5-6,8H,2H2,1H3;2*1-2H3. The third-order valence-corrected chi connectivity index (χ3v) is 1.81. The maximum atomic E-state index is 8.63. The second-order valence-electron chi connectivity index (χ2n) is 2.84. The fraction of sp³-hybridized carbons (Fsp3) is 0.500. The van der Waals surface area contributed by atoms with Gasteiger partial charge in [-0.1, -0.05) is 34.6 Å². The highest BCUT2D eigenvalue weighted by Crippen LogP contribution is 2.16. The van der Waals surface area contributed by atoms with E-state index in [9.17, 15) is 0 Å². The third kappa shape index (κ3) is 7.09. The monoisotopic (exact) mass is 231 g/mol. The molecule has 0 saturated heterocycles. The molecule has 1 atom stereocenters. The lowest BCUT2D eigenvalue weighted by molar-refractivity contribution is 0.756. The second kappa shape index (κ2) is 12.2. The Bertz CT molecular complexity index is 372. The van der Waals surface area contributed by atoms with Crippen LogP contribution in [0.1, 0.15) is 58.2 Å². The Hall–Kier alpha value is -1.87. The van der Waals surface area contributed by atoms with Crippen LogP contribution in [-0.4, -0.2) is 4.98 Å². The van der Waals surface area contributed by atoms with Crippen molar-refractivity contribution in [3.05, 3.63) is 29.6 Å². The van der Waals surface area contributed by atoms with Crippen LogP contribution in [0.4, 0.5) is 0 Å². The normalized spacial score (nSPS) is 9.35. The van der Waals surface area contributed by atoms with Gasteiger partial charge in [0.15, 0.2) is 0 Å². The molecule has 0 amide bonds. The summed E-state index contributed by atoms with van der Waals surface area (Å²) < 4.78 is 0. The smallest absolute Gasteiger partial charge is 0.0992 e. The minimum absolute atomic E-state index is 0.0956. The molecule has 1 rings (SSSR count). The first-order valence-electron chi connectivity index (χ1n) is 6.01. The van der Waals surface area contributed by atoms with Gasteiger partial charge in [0.1, 0.15) is 0 Å². The van der Waals surface area contributed by atoms with Crippen LogP contribution in [-0.2, 0) is 0 Å². The van der Waals surface area contributed by atoms with Gasteiger partial charge < -0.3 is 0 Å². The van der Waals surface area contributed by atoms with Crippen LogP contribution < -0.4 is 0 Å². The van der Waals surface area contributed by atoms with Gasteiger partial charge in [-0.2, -0.15) is 10.5 Å². The molecule has 17 heavy (non-hydrogen) atoms. The molecule has 0 aliphatic rings. The average molecular weight is 231 g/mol. The molecule has 0 bridgehead atoms. The van der Waals surface area contributed by atoms with Crippen molar-refractivity contribution in [3.63, 3.8) is 0 Å². The Balaban J connectivity index is 0. The van der Waals surface area contributed by atoms with Crippen LogP contribution in [0.3, 0.4) is 0 Å². The van der Waals surface area contributed by atoms with E-state index in [1.807, 2.05) is 40.7 Å². The lowest BCUT2D eigenvalue weighted by Gasteiger charge is -2.05. The van der Waals surface area contributed by atoms with Gasteiger partial charge in [-0.3, -0.25) is 4.98 Å². The first-order chi connectivity index (χ1) is 8.27. The van der Waals surface area contributed by atoms with E-state index in [0.717, 1.165) is 5.69 Å². The largest absolute Gasteiger partial charge is 0.261 e. The highest BCUT2D eigenvalue weighted by molar-refractivity contribution is 5.30. The van der Waals surface area contributed by atoms with Gasteiger partial charge in [0.05, 0.1) is 17.7 Å². The zero-order chi connectivity index (χ0) is 13.7. The molecule has 0 aromatic carbocycles. The number of aromatic nitrogens is 1. The summed E-state index contributed by atoms with van der Waals surface area (Å²) in [6.45, 7) is 9.92. The molecule has 1 heterocycles. The van der Waals surface area contributed by atoms with E-state index in [4.69, 9.17) is 10.5 Å². The summed E-state index contributed by atoms with van der Waals surface area (Å²) in [6.07, 6.45) is 2.03. The maximum Gasteiger partial charge on any atom is 0.0992 e. The van der Waals surface area contributed by atoms with Gasteiger partial charge >= 0.3 is 0 Å². The number of pyridine rings is 1. The summed E-state index contributed by atoms with van der Waals surface area (Å²) in [6, 6.07) is 7.50. The number of nitriles is 2. The maximum absolute atomic E-state index is 8.63. The van der Waals surface area contributed by atoms with Crippen LogP contribution in [0.15, 0.2) is 18.3 Å². The Morgan fingerprint density at radius 1 is 1.24 bits per heavy atom. The average Bonchev–Trinajstić information content (AvgIpc) is 2.43. The lowest BCUT2D eigenvalue weighted by atomic mass is 10.0. The van der Waals surface area contributed by atoms with Gasteiger partial charge in [0.25, 0.3) is 0 Å². The molecule has 0 aliphatic carbocycles. The van der Waals surface area contributed by atoms with Crippen LogP contribution >= 0.6 is 0 Å². The zero-order valence-electron chi connectivity index (χ0n) is 11.4. The van der Waals surface area contributed by atoms with E-state index >= 15 is 0 Å². The van der Waals surface area contributed by atoms with Gasteiger partial charge in [-0.25, -0.2) is 0 Å². The third-order valence-electron chi connectivity index (χ3n) is 1.81. The fourth-order valence-electron chi connectivity index (χ4n) is 1.03. The molecule has 92 valence electrons. The first kappa shape index (κ1) is 17.5. The molecule has 0 radical (unpaired) electrons. The van der Waals surface area contributed by atoms with E-state index in [2.05, 4.69) is 11.1 Å². The Morgan fingerprint density at radius 3 is 2.29 bits per heavy atom. The van der Waals surface area contributed by atoms with E-state index < -0.39 is 0 Å². The molecule has 0 N–H and O–H groups in total. The quantitative estimate of drug-likeness (QED) is 0.772. The Kier molecular flexibility index (Phi) is 12.6. The summed E-state index contributed by atoms with van der Waals surface area (Å²) in [5, 5.41) is 17.1. The highest BCUT2D eigenvalue weighted by atomic mass is 14.7. The molecule has 1 unspecified atom stereocenters. The number of hydrogen-bond donors (Lipinski definition) is 0. The fourth-order valence-corrected chi connectivity index (χ4v) is 1.03. The molecular formula is C14H21N3. The van der Waals surface area contributed by atoms with Crippen molar-refractivity contribution >= 4 is 0 Å². The van der Waals surface area contributed by atoms with Crippen molar-refractivity contribution < 1.29 is 0 Å². The van der Waals surface area contributed by atoms with E-state index in [1.165, 1.54) is 0 Å². The van der Waals surface area contributed by atoms with Gasteiger partial charge in [-0.15, -0.1) is 0 Å². The molecule has 1 aromatic rings. The topological polar surface area (TPSA) is 60.5 Å². The van der Waals surface area contributed by atoms with Crippen molar-refractivity contribution in [1.29, 1.82) is 10.5 Å². The summed E-state index contributed by atoms with van der Waals surface area (Å²) >= 11 is 0. The first-order valence-corrected chi connectivity index (χ1v) is 6.01. The second-order valence-corrected chi connectivity index (χ2v) is 2.84. The molecule has 1 aromatic heterocycles. The van der Waals surface area contributed by atoms with Crippen molar-refractivity contribution in [2.24, 2.45) is 0 Å². The van der Waals surface area contributed by atoms with Crippen molar-refractivity contribution in [2.75, 3.05) is 0 Å². The summed E-state index contributed by atoms with van der Waals surface area (Å²) in [5.74, 6) is 0.0956. The minimum atomic E-state index is 0.0956. The number of nitrogens with zero attached hydrogens (tertiary/aromatic N) is 3. The molecule has 0 spiro atoms. The van der Waals surface area contributed by atoms with E-state index in [1.54, 1.807) is 18.3 Å². The van der Waals surface area contributed by atoms with Gasteiger partial charge in [-0.05, 0) is 12.1 Å². The minimum Gasteiger partial charge on any atom is -0.261 e. The van der Waals surface area contributed by atoms with Crippen molar-refractivity contribution in [2.45, 2.75) is 47.0 Å². The molecule has 3 heteroatoms. The molecule has 0 fully saturated rings. The summed E-state index contributed by atoms with van der Waals surface area (Å²) in [7, 11) is 0. The van der Waals surface area contributed by atoms with Crippen molar-refractivity contribution in [1.82, 2.24) is 4.98 Å². The predicted octanol–water partition coefficient (Wildman–Crippen LogP) is 4.02. The van der Waals surface area contributed by atoms with Crippen LogP contribution in [0.2, 0.25) is 0 Å². The van der Waals surface area contributed by atoms with Crippen molar-refractivity contribution in [3.8, 4) is 12.1 Å². The Labute approximate surface area is 105 Å². The Morgan fingerprint density at radius 2 is 1.82 bits per heavy atom. The number of rotatable bonds is 2. The van der Waals surface area contributed by atoms with Crippen LogP contribution in [0.5, 0.6) is 0 Å². The van der Waals surface area contributed by atoms with Gasteiger partial charge in [0.2, 0.25) is 0 Å². The molecule has 0 saturated carbocycles. The van der Waals surface area contributed by atoms with Crippen LogP contribution in [0.25, 0.3) is 0 Å². The van der Waals surface area contributed by atoms with E-state index in [-0.39, 0.29) is 5.92 Å². The SMILES string of the molecule is CC.CC.CC(CC#N)c1cc(C#N)ccn1. The molecule has 0 aliphatic heterocycles. The van der Waals surface area contributed by atoms with Crippen LogP contribution in [0, 0.1) is 22.7 Å². The highest BCUT2D eigenvalue weighted by Gasteiger charge is 2.06. The van der Waals surface area contributed by atoms with E-state index in [0.29, 0.717) is 12.0 Å². The van der Waals surface area contributed by atoms with Gasteiger partial charge in [0, 0.05) is 24.2 Å². The predicted molar refractivity (Wildman–Crippen MR) is 70.3 cm³/mol. The summed E-state index contributed by atoms with van der Waals surface area (Å²) in [5.41, 5.74) is 1.40. The molecule has 3 nitrogen and oxygen atoms in total. The number of hydrogen-bond acceptors (Lipinski definition) is 3. The molecular weight excluding hydrogens is 210 g/mol.